The first-order valence-corrected chi connectivity index (χ1v) is 8.11. The van der Waals surface area contributed by atoms with E-state index >= 15 is 0 Å². The standard InChI is InChI=1S/C15H23NO4S/c1-4-7-20-14(19)15(2,16)13(21-3)9-10-5-6-11(17)12(18)8-10/h5-6,8,13,17-18H,4,7,9,16H2,1-3H3. The van der Waals surface area contributed by atoms with Gasteiger partial charge in [0, 0.05) is 5.25 Å². The molecule has 0 saturated carbocycles. The van der Waals surface area contributed by atoms with Gasteiger partial charge in [0.1, 0.15) is 5.54 Å². The lowest BCUT2D eigenvalue weighted by atomic mass is 9.93. The summed E-state index contributed by atoms with van der Waals surface area (Å²) in [4.78, 5) is 12.1. The van der Waals surface area contributed by atoms with Crippen molar-refractivity contribution >= 4 is 17.7 Å². The molecule has 21 heavy (non-hydrogen) atoms. The van der Waals surface area contributed by atoms with Gasteiger partial charge in [0.05, 0.1) is 6.61 Å². The van der Waals surface area contributed by atoms with Gasteiger partial charge in [-0.05, 0) is 43.7 Å². The highest BCUT2D eigenvalue weighted by Gasteiger charge is 2.38. The number of benzene rings is 1. The molecule has 0 aliphatic heterocycles. The van der Waals surface area contributed by atoms with E-state index in [0.29, 0.717) is 13.0 Å². The number of esters is 1. The molecule has 0 radical (unpaired) electrons. The number of phenolic OH excluding ortho intramolecular Hbond substituents is 2. The zero-order valence-corrected chi connectivity index (χ0v) is 13.4. The molecule has 2 atom stereocenters. The number of phenols is 2. The molecule has 1 aromatic rings. The predicted octanol–water partition coefficient (Wildman–Crippen LogP) is 2.04. The summed E-state index contributed by atoms with van der Waals surface area (Å²) in [6.07, 6.45) is 3.12. The molecule has 0 spiro atoms. The third-order valence-electron chi connectivity index (χ3n) is 3.29. The molecule has 0 fully saturated rings. The summed E-state index contributed by atoms with van der Waals surface area (Å²) in [7, 11) is 0. The maximum atomic E-state index is 12.1. The molecule has 6 heteroatoms. The fourth-order valence-corrected chi connectivity index (χ4v) is 2.88. The molecule has 0 aliphatic rings. The Kier molecular flexibility index (Phi) is 6.36. The van der Waals surface area contributed by atoms with Gasteiger partial charge >= 0.3 is 5.97 Å². The molecule has 118 valence electrons. The van der Waals surface area contributed by atoms with Gasteiger partial charge < -0.3 is 20.7 Å². The SMILES string of the molecule is CCCOC(=O)C(C)(N)C(Cc1ccc(O)c(O)c1)SC. The zero-order chi connectivity index (χ0) is 16.0. The highest BCUT2D eigenvalue weighted by Crippen LogP contribution is 2.29. The maximum absolute atomic E-state index is 12.1. The van der Waals surface area contributed by atoms with Crippen LogP contribution in [0, 0.1) is 0 Å². The van der Waals surface area contributed by atoms with Gasteiger partial charge in [-0.15, -0.1) is 0 Å². The van der Waals surface area contributed by atoms with Gasteiger partial charge in [0.2, 0.25) is 0 Å². The molecule has 4 N–H and O–H groups in total. The van der Waals surface area contributed by atoms with Gasteiger partial charge in [0.15, 0.2) is 11.5 Å². The molecule has 2 unspecified atom stereocenters. The number of nitrogens with two attached hydrogens (primary N) is 1. The number of carbonyl (C=O) groups excluding carboxylic acids is 1. The molecule has 0 aromatic heterocycles. The molecule has 0 amide bonds. The summed E-state index contributed by atoms with van der Waals surface area (Å²) in [5, 5.41) is 18.7. The number of aromatic hydroxyl groups is 2. The van der Waals surface area contributed by atoms with E-state index in [4.69, 9.17) is 10.5 Å². The van der Waals surface area contributed by atoms with Crippen LogP contribution < -0.4 is 5.73 Å². The van der Waals surface area contributed by atoms with E-state index in [1.807, 2.05) is 13.2 Å². The normalized spacial score (nSPS) is 15.2. The summed E-state index contributed by atoms with van der Waals surface area (Å²) >= 11 is 1.47. The number of hydrogen-bond acceptors (Lipinski definition) is 6. The van der Waals surface area contributed by atoms with Crippen LogP contribution in [0.3, 0.4) is 0 Å². The lowest BCUT2D eigenvalue weighted by molar-refractivity contribution is -0.149. The molecular weight excluding hydrogens is 290 g/mol. The van der Waals surface area contributed by atoms with Crippen LogP contribution in [0.2, 0.25) is 0 Å². The van der Waals surface area contributed by atoms with Crippen LogP contribution in [-0.4, -0.2) is 39.8 Å². The Balaban J connectivity index is 2.85. The van der Waals surface area contributed by atoms with E-state index in [0.717, 1.165) is 12.0 Å². The van der Waals surface area contributed by atoms with Gasteiger partial charge in [-0.3, -0.25) is 4.79 Å². The first kappa shape index (κ1) is 17.7. The molecule has 5 nitrogen and oxygen atoms in total. The average molecular weight is 313 g/mol. The Morgan fingerprint density at radius 2 is 2.10 bits per heavy atom. The van der Waals surface area contributed by atoms with E-state index < -0.39 is 11.5 Å². The van der Waals surface area contributed by atoms with Crippen LogP contribution in [0.5, 0.6) is 11.5 Å². The topological polar surface area (TPSA) is 92.8 Å². The minimum atomic E-state index is -1.12. The molecule has 0 heterocycles. The highest BCUT2D eigenvalue weighted by molar-refractivity contribution is 7.99. The van der Waals surface area contributed by atoms with Crippen molar-refractivity contribution in [3.05, 3.63) is 23.8 Å². The number of thioether (sulfide) groups is 1. The monoisotopic (exact) mass is 313 g/mol. The minimum absolute atomic E-state index is 0.169. The fourth-order valence-electron chi connectivity index (χ4n) is 1.93. The van der Waals surface area contributed by atoms with E-state index in [-0.39, 0.29) is 16.7 Å². The van der Waals surface area contributed by atoms with Gasteiger partial charge in [-0.2, -0.15) is 11.8 Å². The Morgan fingerprint density at radius 1 is 1.43 bits per heavy atom. The second-order valence-corrected chi connectivity index (χ2v) is 6.21. The van der Waals surface area contributed by atoms with Gasteiger partial charge in [0.25, 0.3) is 0 Å². The van der Waals surface area contributed by atoms with E-state index in [2.05, 4.69) is 0 Å². The smallest absolute Gasteiger partial charge is 0.326 e. The Bertz CT molecular complexity index is 491. The Morgan fingerprint density at radius 3 is 2.62 bits per heavy atom. The minimum Gasteiger partial charge on any atom is -0.504 e. The molecule has 0 bridgehead atoms. The lowest BCUT2D eigenvalue weighted by Gasteiger charge is -2.31. The first-order chi connectivity index (χ1) is 9.82. The van der Waals surface area contributed by atoms with Crippen LogP contribution in [0.15, 0.2) is 18.2 Å². The summed E-state index contributed by atoms with van der Waals surface area (Å²) in [5.41, 5.74) is 5.84. The molecule has 0 aliphatic carbocycles. The van der Waals surface area contributed by atoms with Crippen LogP contribution in [0.1, 0.15) is 25.8 Å². The second-order valence-electron chi connectivity index (χ2n) is 5.17. The van der Waals surface area contributed by atoms with Crippen LogP contribution in [0.4, 0.5) is 0 Å². The van der Waals surface area contributed by atoms with E-state index in [1.54, 1.807) is 13.0 Å². The van der Waals surface area contributed by atoms with Crippen molar-refractivity contribution < 1.29 is 19.7 Å². The average Bonchev–Trinajstić information content (AvgIpc) is 2.45. The molecule has 0 saturated heterocycles. The van der Waals surface area contributed by atoms with Crippen molar-refractivity contribution in [1.82, 2.24) is 0 Å². The third-order valence-corrected chi connectivity index (χ3v) is 4.52. The third kappa shape index (κ3) is 4.54. The highest BCUT2D eigenvalue weighted by atomic mass is 32.2. The van der Waals surface area contributed by atoms with Crippen LogP contribution >= 0.6 is 11.8 Å². The first-order valence-electron chi connectivity index (χ1n) is 6.82. The Hall–Kier alpha value is -1.40. The number of carbonyl (C=O) groups is 1. The summed E-state index contributed by atoms with van der Waals surface area (Å²) in [6, 6.07) is 4.60. The summed E-state index contributed by atoms with van der Waals surface area (Å²) < 4.78 is 5.15. The largest absolute Gasteiger partial charge is 0.504 e. The van der Waals surface area contributed by atoms with Crippen LogP contribution in [-0.2, 0) is 16.0 Å². The van der Waals surface area contributed by atoms with E-state index in [9.17, 15) is 15.0 Å². The molecule has 1 rings (SSSR count). The fraction of sp³-hybridized carbons (Fsp3) is 0.533. The van der Waals surface area contributed by atoms with Gasteiger partial charge in [-0.1, -0.05) is 13.0 Å². The predicted molar refractivity (Wildman–Crippen MR) is 84.6 cm³/mol. The Labute approximate surface area is 129 Å². The van der Waals surface area contributed by atoms with Crippen molar-refractivity contribution in [3.8, 4) is 11.5 Å². The summed E-state index contributed by atoms with van der Waals surface area (Å²) in [6.45, 7) is 3.94. The summed E-state index contributed by atoms with van der Waals surface area (Å²) in [5.74, 6) is -0.774. The maximum Gasteiger partial charge on any atom is 0.326 e. The lowest BCUT2D eigenvalue weighted by Crippen LogP contribution is -2.55. The van der Waals surface area contributed by atoms with Crippen molar-refractivity contribution in [3.63, 3.8) is 0 Å². The second kappa shape index (κ2) is 7.56. The van der Waals surface area contributed by atoms with E-state index in [1.165, 1.54) is 23.9 Å². The van der Waals surface area contributed by atoms with Gasteiger partial charge in [-0.25, -0.2) is 0 Å². The van der Waals surface area contributed by atoms with Crippen molar-refractivity contribution in [2.24, 2.45) is 5.73 Å². The quantitative estimate of drug-likeness (QED) is 0.527. The molecular formula is C15H23NO4S. The number of hydrogen-bond donors (Lipinski definition) is 3. The number of rotatable bonds is 7. The van der Waals surface area contributed by atoms with Crippen molar-refractivity contribution in [2.45, 2.75) is 37.5 Å². The molecule has 1 aromatic carbocycles. The van der Waals surface area contributed by atoms with Crippen molar-refractivity contribution in [1.29, 1.82) is 0 Å². The number of ether oxygens (including phenoxy) is 1. The zero-order valence-electron chi connectivity index (χ0n) is 12.6. The van der Waals surface area contributed by atoms with Crippen LogP contribution in [0.25, 0.3) is 0 Å². The van der Waals surface area contributed by atoms with Crippen molar-refractivity contribution in [2.75, 3.05) is 12.9 Å².